The molecule has 0 aliphatic heterocycles. The quantitative estimate of drug-likeness (QED) is 0.394. The highest BCUT2D eigenvalue weighted by Crippen LogP contribution is 2.34. The van der Waals surface area contributed by atoms with Gasteiger partial charge in [0.05, 0.1) is 40.0 Å². The molecule has 0 unspecified atom stereocenters. The van der Waals surface area contributed by atoms with E-state index in [0.29, 0.717) is 11.3 Å². The average Bonchev–Trinajstić information content (AvgIpc) is 3.07. The third-order valence-electron chi connectivity index (χ3n) is 4.05. The van der Waals surface area contributed by atoms with E-state index < -0.39 is 21.6 Å². The van der Waals surface area contributed by atoms with Crippen LogP contribution in [-0.4, -0.2) is 42.5 Å². The maximum atomic E-state index is 13.9. The zero-order chi connectivity index (χ0) is 19.8. The van der Waals surface area contributed by atoms with Gasteiger partial charge < -0.3 is 4.74 Å². The van der Waals surface area contributed by atoms with E-state index >= 15 is 0 Å². The standard InChI is InChI=1S/C17H13B2FN4O3/c1-23-9-11(8-21-23)17(18,19)15-4-3-14(27-2)16(22-15)10-5-12(20)7-13(6-10)24(25)26/h3-9H,1-2H3. The van der Waals surface area contributed by atoms with Crippen molar-refractivity contribution in [3.8, 4) is 17.0 Å². The topological polar surface area (TPSA) is 83.1 Å². The SMILES string of the molecule is [B]C([B])(c1cnn(C)c1)c1ccc(OC)c(-c2cc(F)cc([N+](=O)[O-])c2)n1. The van der Waals surface area contributed by atoms with Crippen molar-refractivity contribution in [2.45, 2.75) is 5.21 Å². The molecule has 1 aromatic carbocycles. The third-order valence-corrected chi connectivity index (χ3v) is 4.05. The van der Waals surface area contributed by atoms with Gasteiger partial charge in [0.25, 0.3) is 5.69 Å². The summed E-state index contributed by atoms with van der Waals surface area (Å²) in [4.78, 5) is 14.8. The van der Waals surface area contributed by atoms with Crippen molar-refractivity contribution in [1.82, 2.24) is 14.8 Å². The summed E-state index contributed by atoms with van der Waals surface area (Å²) in [6.07, 6.45) is 3.16. The van der Waals surface area contributed by atoms with Gasteiger partial charge in [-0.05, 0) is 29.0 Å². The highest BCUT2D eigenvalue weighted by molar-refractivity contribution is 6.42. The smallest absolute Gasteiger partial charge is 0.273 e. The molecule has 0 aliphatic rings. The first-order valence-corrected chi connectivity index (χ1v) is 7.80. The summed E-state index contributed by atoms with van der Waals surface area (Å²) in [7, 11) is 15.6. The highest BCUT2D eigenvalue weighted by Gasteiger charge is 2.27. The van der Waals surface area contributed by atoms with Gasteiger partial charge in [0.15, 0.2) is 0 Å². The van der Waals surface area contributed by atoms with Crippen LogP contribution in [0.3, 0.4) is 0 Å². The number of nitro benzene ring substituents is 1. The van der Waals surface area contributed by atoms with E-state index in [-0.39, 0.29) is 17.0 Å². The van der Waals surface area contributed by atoms with Crippen LogP contribution in [0.2, 0.25) is 0 Å². The number of halogens is 1. The minimum absolute atomic E-state index is 0.169. The number of rotatable bonds is 5. The number of aryl methyl sites for hydroxylation is 1. The fourth-order valence-corrected chi connectivity index (χ4v) is 2.65. The Morgan fingerprint density at radius 2 is 2.04 bits per heavy atom. The summed E-state index contributed by atoms with van der Waals surface area (Å²) in [6.45, 7) is 0. The lowest BCUT2D eigenvalue weighted by Crippen LogP contribution is -2.29. The van der Waals surface area contributed by atoms with E-state index in [9.17, 15) is 14.5 Å². The summed E-state index contributed by atoms with van der Waals surface area (Å²) in [6, 6.07) is 6.30. The largest absolute Gasteiger partial charge is 0.494 e. The molecule has 27 heavy (non-hydrogen) atoms. The number of aromatic nitrogens is 3. The molecule has 3 aromatic rings. The van der Waals surface area contributed by atoms with Gasteiger partial charge in [0, 0.05) is 30.6 Å². The van der Waals surface area contributed by atoms with Gasteiger partial charge in [0.1, 0.15) is 17.3 Å². The minimum atomic E-state index is -1.48. The predicted molar refractivity (Wildman–Crippen MR) is 98.3 cm³/mol. The molecule has 10 heteroatoms. The zero-order valence-corrected chi connectivity index (χ0v) is 14.6. The predicted octanol–water partition coefficient (Wildman–Crippen LogP) is 2.08. The Hall–Kier alpha value is -3.16. The number of hydrogen-bond acceptors (Lipinski definition) is 5. The number of non-ortho nitro benzene ring substituents is 1. The molecule has 0 amide bonds. The monoisotopic (exact) mass is 362 g/mol. The molecule has 0 bridgehead atoms. The molecule has 3 rings (SSSR count). The van der Waals surface area contributed by atoms with Crippen molar-refractivity contribution >= 4 is 21.4 Å². The fraction of sp³-hybridized carbons (Fsp3) is 0.176. The molecule has 0 saturated heterocycles. The van der Waals surface area contributed by atoms with Gasteiger partial charge in [-0.2, -0.15) is 5.10 Å². The molecule has 7 nitrogen and oxygen atoms in total. The van der Waals surface area contributed by atoms with E-state index in [1.807, 2.05) is 0 Å². The second-order valence-corrected chi connectivity index (χ2v) is 5.97. The summed E-state index contributed by atoms with van der Waals surface area (Å²) in [5.41, 5.74) is 0.722. The maximum absolute atomic E-state index is 13.9. The lowest BCUT2D eigenvalue weighted by atomic mass is 9.50. The molecule has 0 N–H and O–H groups in total. The molecule has 0 fully saturated rings. The number of hydrogen-bond donors (Lipinski definition) is 0. The number of ether oxygens (including phenoxy) is 1. The zero-order valence-electron chi connectivity index (χ0n) is 14.6. The van der Waals surface area contributed by atoms with Crippen LogP contribution in [0.15, 0.2) is 42.7 Å². The van der Waals surface area contributed by atoms with Gasteiger partial charge in [0.2, 0.25) is 0 Å². The van der Waals surface area contributed by atoms with Crippen molar-refractivity contribution in [1.29, 1.82) is 0 Å². The number of nitrogens with zero attached hydrogens (tertiary/aromatic N) is 4. The lowest BCUT2D eigenvalue weighted by Gasteiger charge is -2.25. The highest BCUT2D eigenvalue weighted by atomic mass is 19.1. The van der Waals surface area contributed by atoms with Gasteiger partial charge in [-0.3, -0.25) is 14.8 Å². The number of methoxy groups -OCH3 is 1. The van der Waals surface area contributed by atoms with Crippen molar-refractivity contribution in [2.24, 2.45) is 7.05 Å². The van der Waals surface area contributed by atoms with E-state index in [0.717, 1.165) is 12.1 Å². The molecular formula is C17H13B2FN4O3. The van der Waals surface area contributed by atoms with Crippen LogP contribution in [0.5, 0.6) is 5.75 Å². The Balaban J connectivity index is 2.17. The molecule has 0 atom stereocenters. The first-order chi connectivity index (χ1) is 12.7. The summed E-state index contributed by atoms with van der Waals surface area (Å²) in [5, 5.41) is 13.6. The fourth-order valence-electron chi connectivity index (χ4n) is 2.65. The first kappa shape index (κ1) is 18.6. The molecule has 2 heterocycles. The number of benzene rings is 1. The van der Waals surface area contributed by atoms with Crippen LogP contribution < -0.4 is 4.74 Å². The van der Waals surface area contributed by atoms with Crippen molar-refractivity contribution in [3.05, 3.63) is 69.9 Å². The number of pyridine rings is 1. The number of nitro groups is 1. The van der Waals surface area contributed by atoms with Crippen LogP contribution in [0.25, 0.3) is 11.3 Å². The molecule has 2 aromatic heterocycles. The van der Waals surface area contributed by atoms with Crippen LogP contribution in [0.1, 0.15) is 11.3 Å². The average molecular weight is 362 g/mol. The van der Waals surface area contributed by atoms with Crippen LogP contribution in [0, 0.1) is 15.9 Å². The molecule has 0 spiro atoms. The molecule has 132 valence electrons. The minimum Gasteiger partial charge on any atom is -0.494 e. The molecule has 0 aliphatic carbocycles. The Bertz CT molecular complexity index is 1020. The van der Waals surface area contributed by atoms with E-state index in [2.05, 4.69) is 10.1 Å². The Labute approximate surface area is 157 Å². The van der Waals surface area contributed by atoms with Crippen LogP contribution in [-0.2, 0) is 12.3 Å². The van der Waals surface area contributed by atoms with Gasteiger partial charge in [-0.15, -0.1) is 0 Å². The van der Waals surface area contributed by atoms with E-state index in [1.54, 1.807) is 30.1 Å². The van der Waals surface area contributed by atoms with Crippen molar-refractivity contribution in [2.75, 3.05) is 7.11 Å². The van der Waals surface area contributed by atoms with Gasteiger partial charge in [-0.25, -0.2) is 9.37 Å². The van der Waals surface area contributed by atoms with E-state index in [4.69, 9.17) is 20.4 Å². The normalized spacial score (nSPS) is 11.4. The molecular weight excluding hydrogens is 349 g/mol. The summed E-state index contributed by atoms with van der Waals surface area (Å²) in [5.74, 6) is -0.479. The summed E-state index contributed by atoms with van der Waals surface area (Å²) >= 11 is 0. The second kappa shape index (κ2) is 6.86. The van der Waals surface area contributed by atoms with Crippen LogP contribution in [0.4, 0.5) is 10.1 Å². The van der Waals surface area contributed by atoms with Crippen molar-refractivity contribution < 1.29 is 14.1 Å². The maximum Gasteiger partial charge on any atom is 0.273 e. The Morgan fingerprint density at radius 1 is 1.30 bits per heavy atom. The van der Waals surface area contributed by atoms with Gasteiger partial charge >= 0.3 is 0 Å². The Morgan fingerprint density at radius 3 is 2.63 bits per heavy atom. The van der Waals surface area contributed by atoms with E-state index in [1.165, 1.54) is 19.4 Å². The molecule has 0 saturated carbocycles. The van der Waals surface area contributed by atoms with Gasteiger partial charge in [-0.1, -0.05) is 0 Å². The molecule has 4 radical (unpaired) electrons. The summed E-state index contributed by atoms with van der Waals surface area (Å²) < 4.78 is 20.7. The van der Waals surface area contributed by atoms with Crippen LogP contribution >= 0.6 is 0 Å². The lowest BCUT2D eigenvalue weighted by molar-refractivity contribution is -0.385. The third kappa shape index (κ3) is 3.55. The van der Waals surface area contributed by atoms with Crippen molar-refractivity contribution in [3.63, 3.8) is 0 Å². The first-order valence-electron chi connectivity index (χ1n) is 7.80. The Kier molecular flexibility index (Phi) is 4.73. The second-order valence-electron chi connectivity index (χ2n) is 5.97.